The van der Waals surface area contributed by atoms with Crippen LogP contribution in [0.1, 0.15) is 16.7 Å². The Morgan fingerprint density at radius 2 is 1.44 bits per heavy atom. The average molecular weight is 428 g/mol. The zero-order valence-electron chi connectivity index (χ0n) is 18.6. The molecule has 0 heterocycles. The van der Waals surface area contributed by atoms with Crippen LogP contribution in [0.2, 0.25) is 0 Å². The van der Waals surface area contributed by atoms with E-state index in [2.05, 4.69) is 59.9 Å². The lowest BCUT2D eigenvalue weighted by molar-refractivity contribution is 0.303. The predicted molar refractivity (Wildman–Crippen MR) is 130 cm³/mol. The summed E-state index contributed by atoms with van der Waals surface area (Å²) >= 11 is 0. The van der Waals surface area contributed by atoms with Crippen LogP contribution in [-0.2, 0) is 19.6 Å². The number of rotatable bonds is 10. The molecule has 0 radical (unpaired) electrons. The van der Waals surface area contributed by atoms with Crippen LogP contribution in [0.15, 0.2) is 84.9 Å². The summed E-state index contributed by atoms with van der Waals surface area (Å²) in [5.41, 5.74) is 3.55. The van der Waals surface area contributed by atoms with Gasteiger partial charge in [-0.15, -0.1) is 0 Å². The van der Waals surface area contributed by atoms with Gasteiger partial charge in [-0.1, -0.05) is 66.7 Å². The van der Waals surface area contributed by atoms with Gasteiger partial charge in [0.2, 0.25) is 0 Å². The predicted octanol–water partition coefficient (Wildman–Crippen LogP) is 5.77. The molecule has 0 aliphatic carbocycles. The summed E-state index contributed by atoms with van der Waals surface area (Å²) in [5.74, 6) is 2.43. The fraction of sp³-hybridized carbons (Fsp3) is 0.214. The van der Waals surface area contributed by atoms with Crippen molar-refractivity contribution in [2.45, 2.75) is 19.6 Å². The maximum Gasteiger partial charge on any atom is 0.160 e. The van der Waals surface area contributed by atoms with E-state index in [1.807, 2.05) is 30.3 Å². The third kappa shape index (κ3) is 5.21. The highest BCUT2D eigenvalue weighted by Crippen LogP contribution is 2.29. The fourth-order valence-corrected chi connectivity index (χ4v) is 3.85. The van der Waals surface area contributed by atoms with Gasteiger partial charge in [0.25, 0.3) is 0 Å². The molecule has 32 heavy (non-hydrogen) atoms. The van der Waals surface area contributed by atoms with Crippen molar-refractivity contribution in [3.63, 3.8) is 0 Å². The van der Waals surface area contributed by atoms with Crippen molar-refractivity contribution in [2.75, 3.05) is 20.8 Å². The highest BCUT2D eigenvalue weighted by atomic mass is 16.5. The van der Waals surface area contributed by atoms with Gasteiger partial charge in [-0.25, -0.2) is 0 Å². The summed E-state index contributed by atoms with van der Waals surface area (Å²) in [4.78, 5) is 0. The Morgan fingerprint density at radius 1 is 0.688 bits per heavy atom. The second kappa shape index (κ2) is 10.7. The van der Waals surface area contributed by atoms with Crippen LogP contribution in [0, 0.1) is 0 Å². The highest BCUT2D eigenvalue weighted by Gasteiger charge is 2.10. The van der Waals surface area contributed by atoms with Crippen LogP contribution in [-0.4, -0.2) is 20.8 Å². The van der Waals surface area contributed by atoms with E-state index in [4.69, 9.17) is 14.2 Å². The number of hydrogen-bond donors (Lipinski definition) is 1. The standard InChI is InChI=1S/C28H29NO3/c1-30-27-14-12-21(18-28(27)31-2)16-17-29-19-25-24-11-7-6-10-23(24)13-15-26(25)32-20-22-8-4-3-5-9-22/h3-15,18,29H,16-17,19-20H2,1-2H3. The molecule has 0 saturated carbocycles. The lowest BCUT2D eigenvalue weighted by atomic mass is 10.0. The Morgan fingerprint density at radius 3 is 2.25 bits per heavy atom. The van der Waals surface area contributed by atoms with Crippen LogP contribution < -0.4 is 19.5 Å². The molecule has 4 rings (SSSR count). The molecule has 0 aliphatic rings. The van der Waals surface area contributed by atoms with Crippen molar-refractivity contribution in [2.24, 2.45) is 0 Å². The highest BCUT2D eigenvalue weighted by molar-refractivity contribution is 5.87. The molecule has 0 fully saturated rings. The van der Waals surface area contributed by atoms with Crippen LogP contribution in [0.4, 0.5) is 0 Å². The summed E-state index contributed by atoms with van der Waals surface area (Å²) in [6.45, 7) is 2.13. The topological polar surface area (TPSA) is 39.7 Å². The number of ether oxygens (including phenoxy) is 3. The number of hydrogen-bond acceptors (Lipinski definition) is 4. The first kappa shape index (κ1) is 21.7. The van der Waals surface area contributed by atoms with Crippen LogP contribution in [0.25, 0.3) is 10.8 Å². The summed E-state index contributed by atoms with van der Waals surface area (Å²) in [6.07, 6.45) is 0.894. The van der Waals surface area contributed by atoms with E-state index in [1.165, 1.54) is 21.9 Å². The monoisotopic (exact) mass is 427 g/mol. The van der Waals surface area contributed by atoms with Gasteiger partial charge in [0.1, 0.15) is 12.4 Å². The molecule has 0 aliphatic heterocycles. The molecule has 164 valence electrons. The zero-order chi connectivity index (χ0) is 22.2. The first-order valence-corrected chi connectivity index (χ1v) is 10.9. The van der Waals surface area contributed by atoms with Crippen molar-refractivity contribution >= 4 is 10.8 Å². The largest absolute Gasteiger partial charge is 0.493 e. The molecule has 0 unspecified atom stereocenters. The molecule has 0 amide bonds. The van der Waals surface area contributed by atoms with Gasteiger partial charge in [-0.2, -0.15) is 0 Å². The molecule has 0 bridgehead atoms. The van der Waals surface area contributed by atoms with E-state index in [0.717, 1.165) is 42.3 Å². The van der Waals surface area contributed by atoms with Crippen LogP contribution >= 0.6 is 0 Å². The minimum Gasteiger partial charge on any atom is -0.493 e. The normalized spacial score (nSPS) is 10.8. The summed E-state index contributed by atoms with van der Waals surface area (Å²) in [5, 5.41) is 6.03. The fourth-order valence-electron chi connectivity index (χ4n) is 3.85. The van der Waals surface area contributed by atoms with Gasteiger partial charge >= 0.3 is 0 Å². The van der Waals surface area contributed by atoms with E-state index in [9.17, 15) is 0 Å². The Kier molecular flexibility index (Phi) is 7.26. The molecular formula is C28H29NO3. The molecule has 4 aromatic carbocycles. The maximum absolute atomic E-state index is 6.23. The maximum atomic E-state index is 6.23. The second-order valence-corrected chi connectivity index (χ2v) is 7.65. The smallest absolute Gasteiger partial charge is 0.160 e. The van der Waals surface area contributed by atoms with Crippen LogP contribution in [0.5, 0.6) is 17.2 Å². The molecule has 4 nitrogen and oxygen atoms in total. The lowest BCUT2D eigenvalue weighted by Gasteiger charge is -2.15. The van der Waals surface area contributed by atoms with Crippen LogP contribution in [0.3, 0.4) is 0 Å². The SMILES string of the molecule is COc1ccc(CCNCc2c(OCc3ccccc3)ccc3ccccc23)cc1OC. The number of methoxy groups -OCH3 is 2. The van der Waals surface area contributed by atoms with E-state index >= 15 is 0 Å². The van der Waals surface area contributed by atoms with Gasteiger partial charge in [0.15, 0.2) is 11.5 Å². The molecule has 1 N–H and O–H groups in total. The average Bonchev–Trinajstić information content (AvgIpc) is 2.86. The quantitative estimate of drug-likeness (QED) is 0.326. The molecule has 0 aromatic heterocycles. The summed E-state index contributed by atoms with van der Waals surface area (Å²) < 4.78 is 17.0. The zero-order valence-corrected chi connectivity index (χ0v) is 18.6. The van der Waals surface area contributed by atoms with Gasteiger partial charge in [-0.05, 0) is 53.1 Å². The Bertz CT molecular complexity index is 1160. The molecule has 0 spiro atoms. The molecule has 0 saturated heterocycles. The summed E-state index contributed by atoms with van der Waals surface area (Å²) in [6, 6.07) is 29.0. The van der Waals surface area contributed by atoms with Crippen molar-refractivity contribution in [1.82, 2.24) is 5.32 Å². The third-order valence-electron chi connectivity index (χ3n) is 5.57. The third-order valence-corrected chi connectivity index (χ3v) is 5.57. The van der Waals surface area contributed by atoms with Gasteiger partial charge in [0.05, 0.1) is 14.2 Å². The molecule has 0 atom stereocenters. The minimum absolute atomic E-state index is 0.553. The van der Waals surface area contributed by atoms with Gasteiger partial charge in [0, 0.05) is 12.1 Å². The lowest BCUT2D eigenvalue weighted by Crippen LogP contribution is -2.17. The second-order valence-electron chi connectivity index (χ2n) is 7.65. The summed E-state index contributed by atoms with van der Waals surface area (Å²) in [7, 11) is 3.32. The van der Waals surface area contributed by atoms with Crippen molar-refractivity contribution in [3.05, 3.63) is 102 Å². The van der Waals surface area contributed by atoms with Gasteiger partial charge < -0.3 is 19.5 Å². The van der Waals surface area contributed by atoms with E-state index < -0.39 is 0 Å². The van der Waals surface area contributed by atoms with E-state index in [-0.39, 0.29) is 0 Å². The Balaban J connectivity index is 1.45. The Labute approximate surface area is 189 Å². The number of benzene rings is 4. The van der Waals surface area contributed by atoms with Crippen molar-refractivity contribution in [1.29, 1.82) is 0 Å². The minimum atomic E-state index is 0.553. The first-order chi connectivity index (χ1) is 15.8. The van der Waals surface area contributed by atoms with E-state index in [0.29, 0.717) is 6.61 Å². The van der Waals surface area contributed by atoms with Crippen molar-refractivity contribution in [3.8, 4) is 17.2 Å². The van der Waals surface area contributed by atoms with Crippen molar-refractivity contribution < 1.29 is 14.2 Å². The first-order valence-electron chi connectivity index (χ1n) is 10.9. The van der Waals surface area contributed by atoms with Gasteiger partial charge in [-0.3, -0.25) is 0 Å². The van der Waals surface area contributed by atoms with E-state index in [1.54, 1.807) is 14.2 Å². The molecular weight excluding hydrogens is 398 g/mol. The number of nitrogens with one attached hydrogen (secondary N) is 1. The number of fused-ring (bicyclic) bond motifs is 1. The molecule has 4 aromatic rings. The molecule has 4 heteroatoms. The Hall–Kier alpha value is -3.50.